The van der Waals surface area contributed by atoms with Gasteiger partial charge in [0.25, 0.3) is 5.91 Å². The lowest BCUT2D eigenvalue weighted by atomic mass is 10.2. The summed E-state index contributed by atoms with van der Waals surface area (Å²) < 4.78 is 5.40. The smallest absolute Gasteiger partial charge is 0.276 e. The molecule has 1 aromatic carbocycles. The van der Waals surface area contributed by atoms with Crippen molar-refractivity contribution in [3.05, 3.63) is 30.0 Å². The molecule has 0 spiro atoms. The average molecular weight is 276 g/mol. The minimum Gasteiger partial charge on any atom is -0.489 e. The molecule has 0 unspecified atom stereocenters. The number of nitrogens with zero attached hydrogens (tertiary/aromatic N) is 1. The molecule has 1 amide bonds. The van der Waals surface area contributed by atoms with E-state index in [9.17, 15) is 4.79 Å². The van der Waals surface area contributed by atoms with Crippen LogP contribution in [0.2, 0.25) is 0 Å². The lowest BCUT2D eigenvalue weighted by Crippen LogP contribution is -2.38. The van der Waals surface area contributed by atoms with Crippen molar-refractivity contribution >= 4 is 22.8 Å². The van der Waals surface area contributed by atoms with Crippen molar-refractivity contribution in [3.63, 3.8) is 0 Å². The predicted molar refractivity (Wildman–Crippen MR) is 74.9 cm³/mol. The summed E-state index contributed by atoms with van der Waals surface area (Å²) in [6.07, 6.45) is 0. The lowest BCUT2D eigenvalue weighted by Gasteiger charge is -2.12. The number of amides is 1. The van der Waals surface area contributed by atoms with Gasteiger partial charge in [-0.25, -0.2) is 0 Å². The zero-order valence-corrected chi connectivity index (χ0v) is 11.0. The van der Waals surface area contributed by atoms with E-state index in [-0.39, 0.29) is 19.2 Å². The highest BCUT2D eigenvalue weighted by molar-refractivity contribution is 6.06. The number of H-pyrrole nitrogens is 1. The molecule has 7 heteroatoms. The van der Waals surface area contributed by atoms with E-state index in [1.54, 1.807) is 18.2 Å². The number of para-hydroxylation sites is 1. The predicted octanol–water partition coefficient (Wildman–Crippen LogP) is 0.504. The first-order valence-corrected chi connectivity index (χ1v) is 6.02. The Hall–Kier alpha value is -2.54. The van der Waals surface area contributed by atoms with Crippen molar-refractivity contribution in [2.24, 2.45) is 5.73 Å². The number of hydrogen-bond acceptors (Lipinski definition) is 4. The van der Waals surface area contributed by atoms with Crippen molar-refractivity contribution in [2.45, 2.75) is 0 Å². The van der Waals surface area contributed by atoms with Gasteiger partial charge in [-0.05, 0) is 12.1 Å². The van der Waals surface area contributed by atoms with Crippen LogP contribution in [-0.2, 0) is 0 Å². The van der Waals surface area contributed by atoms with Gasteiger partial charge in [-0.1, -0.05) is 12.1 Å². The second-order valence-corrected chi connectivity index (χ2v) is 4.22. The Kier molecular flexibility index (Phi) is 3.90. The van der Waals surface area contributed by atoms with E-state index in [0.29, 0.717) is 17.0 Å². The topological polar surface area (TPSA) is 115 Å². The van der Waals surface area contributed by atoms with Crippen LogP contribution in [0.5, 0.6) is 5.75 Å². The second-order valence-electron chi connectivity index (χ2n) is 4.22. The first-order chi connectivity index (χ1) is 9.54. The van der Waals surface area contributed by atoms with E-state index in [4.69, 9.17) is 21.0 Å². The van der Waals surface area contributed by atoms with Gasteiger partial charge in [0.2, 0.25) is 0 Å². The number of nitrogens with two attached hydrogens (primary N) is 1. The Bertz CT molecular complexity index is 650. The maximum atomic E-state index is 12.1. The van der Waals surface area contributed by atoms with E-state index >= 15 is 0 Å². The number of rotatable bonds is 4. The fraction of sp³-hybridized carbons (Fsp3) is 0.231. The molecular formula is C13H16N4O3. The Morgan fingerprint density at radius 3 is 2.95 bits per heavy atom. The third-order valence-electron chi connectivity index (χ3n) is 2.86. The maximum Gasteiger partial charge on any atom is 0.276 e. The molecule has 0 aliphatic rings. The molecule has 0 fully saturated rings. The van der Waals surface area contributed by atoms with Gasteiger partial charge in [0, 0.05) is 12.4 Å². The molecule has 1 heterocycles. The number of carbonyl (C=O) groups excluding carboxylic acids is 1. The van der Waals surface area contributed by atoms with Crippen LogP contribution in [0, 0.1) is 5.41 Å². The Morgan fingerprint density at radius 2 is 2.30 bits per heavy atom. The Morgan fingerprint density at radius 1 is 1.55 bits per heavy atom. The number of ether oxygens (including phenoxy) is 1. The van der Waals surface area contributed by atoms with Gasteiger partial charge in [-0.3, -0.25) is 15.1 Å². The summed E-state index contributed by atoms with van der Waals surface area (Å²) in [5.74, 6) is -0.173. The monoisotopic (exact) mass is 276 g/mol. The molecule has 1 aromatic heterocycles. The van der Waals surface area contributed by atoms with Crippen LogP contribution in [-0.4, -0.2) is 47.1 Å². The van der Waals surface area contributed by atoms with E-state index in [2.05, 4.69) is 4.98 Å². The number of aliphatic hydroxyl groups is 1. The van der Waals surface area contributed by atoms with Gasteiger partial charge in [0.15, 0.2) is 5.96 Å². The number of hydrogen-bond donors (Lipinski definition) is 4. The molecule has 2 aromatic rings. The Balaban J connectivity index is 2.38. The van der Waals surface area contributed by atoms with Crippen LogP contribution in [0.3, 0.4) is 0 Å². The summed E-state index contributed by atoms with van der Waals surface area (Å²) in [5, 5.41) is 16.9. The molecule has 20 heavy (non-hydrogen) atoms. The van der Waals surface area contributed by atoms with E-state index in [1.807, 2.05) is 6.07 Å². The quantitative estimate of drug-likeness (QED) is 0.481. The van der Waals surface area contributed by atoms with Gasteiger partial charge >= 0.3 is 0 Å². The van der Waals surface area contributed by atoms with Gasteiger partial charge in [-0.15, -0.1) is 0 Å². The van der Waals surface area contributed by atoms with Crippen molar-refractivity contribution in [3.8, 4) is 5.75 Å². The summed E-state index contributed by atoms with van der Waals surface area (Å²) in [7, 11) is 1.43. The van der Waals surface area contributed by atoms with E-state index < -0.39 is 5.91 Å². The van der Waals surface area contributed by atoms with Crippen LogP contribution < -0.4 is 10.5 Å². The van der Waals surface area contributed by atoms with Gasteiger partial charge in [-0.2, -0.15) is 0 Å². The largest absolute Gasteiger partial charge is 0.489 e. The summed E-state index contributed by atoms with van der Waals surface area (Å²) in [6.45, 7) is 0.0880. The zero-order valence-electron chi connectivity index (χ0n) is 11.0. The number of aliphatic hydroxyl groups excluding tert-OH is 1. The normalized spacial score (nSPS) is 10.5. The Labute approximate surface area is 115 Å². The third-order valence-corrected chi connectivity index (χ3v) is 2.86. The maximum absolute atomic E-state index is 12.1. The molecule has 0 saturated heterocycles. The molecule has 0 bridgehead atoms. The summed E-state index contributed by atoms with van der Waals surface area (Å²) in [6, 6.07) is 7.05. The number of nitrogens with one attached hydrogen (secondary N) is 2. The molecule has 0 aliphatic carbocycles. The first kappa shape index (κ1) is 13.9. The number of carbonyl (C=O) groups is 1. The highest BCUT2D eigenvalue weighted by Gasteiger charge is 2.17. The van der Waals surface area contributed by atoms with E-state index in [1.165, 1.54) is 7.05 Å². The lowest BCUT2D eigenvalue weighted by molar-refractivity contribution is 0.0864. The van der Waals surface area contributed by atoms with Crippen LogP contribution in [0.1, 0.15) is 10.5 Å². The summed E-state index contributed by atoms with van der Waals surface area (Å²) in [5.41, 5.74) is 6.27. The fourth-order valence-electron chi connectivity index (χ4n) is 1.81. The highest BCUT2D eigenvalue weighted by Crippen LogP contribution is 2.26. The average Bonchev–Trinajstić information content (AvgIpc) is 2.87. The molecule has 0 aliphatic heterocycles. The third kappa shape index (κ3) is 2.57. The number of aromatic amines is 1. The summed E-state index contributed by atoms with van der Waals surface area (Å²) in [4.78, 5) is 16.1. The van der Waals surface area contributed by atoms with Crippen LogP contribution in [0.15, 0.2) is 24.3 Å². The number of benzene rings is 1. The standard InChI is InChI=1S/C13H16N4O3/c1-17(13(14)15)12(19)9-7-8-3-2-4-10(11(8)16-9)20-6-5-18/h2-4,7,16,18H,5-6H2,1H3,(H3,14,15). The minimum atomic E-state index is -0.401. The molecular weight excluding hydrogens is 260 g/mol. The first-order valence-electron chi connectivity index (χ1n) is 6.02. The van der Waals surface area contributed by atoms with Crippen molar-refractivity contribution in [2.75, 3.05) is 20.3 Å². The molecule has 0 saturated carbocycles. The van der Waals surface area contributed by atoms with Crippen LogP contribution >= 0.6 is 0 Å². The molecule has 0 radical (unpaired) electrons. The van der Waals surface area contributed by atoms with Gasteiger partial charge in [0.1, 0.15) is 18.1 Å². The second kappa shape index (κ2) is 5.62. The SMILES string of the molecule is CN(C(=N)N)C(=O)c1cc2cccc(OCCO)c2[nH]1. The minimum absolute atomic E-state index is 0.0873. The molecule has 7 nitrogen and oxygen atoms in total. The number of guanidine groups is 1. The van der Waals surface area contributed by atoms with Gasteiger partial charge in [0.05, 0.1) is 12.1 Å². The van der Waals surface area contributed by atoms with Crippen molar-refractivity contribution in [1.82, 2.24) is 9.88 Å². The molecule has 0 atom stereocenters. The number of fused-ring (bicyclic) bond motifs is 1. The van der Waals surface area contributed by atoms with Crippen molar-refractivity contribution < 1.29 is 14.6 Å². The molecule has 5 N–H and O–H groups in total. The molecule has 2 rings (SSSR count). The van der Waals surface area contributed by atoms with Crippen LogP contribution in [0.25, 0.3) is 10.9 Å². The zero-order chi connectivity index (χ0) is 14.7. The van der Waals surface area contributed by atoms with Crippen molar-refractivity contribution in [1.29, 1.82) is 5.41 Å². The number of aromatic nitrogens is 1. The van der Waals surface area contributed by atoms with Crippen LogP contribution in [0.4, 0.5) is 0 Å². The van der Waals surface area contributed by atoms with Gasteiger partial charge < -0.3 is 20.6 Å². The highest BCUT2D eigenvalue weighted by atomic mass is 16.5. The fourth-order valence-corrected chi connectivity index (χ4v) is 1.81. The summed E-state index contributed by atoms with van der Waals surface area (Å²) >= 11 is 0. The molecule has 106 valence electrons. The van der Waals surface area contributed by atoms with E-state index in [0.717, 1.165) is 10.3 Å².